The number of hydrogen-bond acceptors (Lipinski definition) is 8. The Morgan fingerprint density at radius 2 is 1.93 bits per heavy atom. The van der Waals surface area contributed by atoms with Crippen molar-refractivity contribution in [2.24, 2.45) is 5.92 Å². The third kappa shape index (κ3) is 4.89. The summed E-state index contributed by atoms with van der Waals surface area (Å²) in [6.07, 6.45) is 7.79. The van der Waals surface area contributed by atoms with Crippen LogP contribution in [0.4, 0.5) is 0 Å². The summed E-state index contributed by atoms with van der Waals surface area (Å²) in [6.45, 7) is 6.54. The predicted octanol–water partition coefficient (Wildman–Crippen LogP) is 3.54. The Labute approximate surface area is 179 Å². The zero-order valence-electron chi connectivity index (χ0n) is 17.5. The SMILES string of the molecule is Cc1cnc(-c2nnc(C3CCC(CNC(=O)Cc4sc(C)nc4C)CC3)o2)cn1. The third-order valence-electron chi connectivity index (χ3n) is 5.55. The molecule has 1 fully saturated rings. The van der Waals surface area contributed by atoms with Gasteiger partial charge in [0.25, 0.3) is 5.89 Å². The second-order valence-corrected chi connectivity index (χ2v) is 9.22. The van der Waals surface area contributed by atoms with Crippen LogP contribution in [0.2, 0.25) is 0 Å². The predicted molar refractivity (Wildman–Crippen MR) is 113 cm³/mol. The number of aryl methyl sites for hydroxylation is 3. The summed E-state index contributed by atoms with van der Waals surface area (Å²) in [5, 5.41) is 12.5. The van der Waals surface area contributed by atoms with Gasteiger partial charge in [0.1, 0.15) is 5.69 Å². The summed E-state index contributed by atoms with van der Waals surface area (Å²) in [4.78, 5) is 26.2. The lowest BCUT2D eigenvalue weighted by atomic mass is 9.82. The molecule has 1 N–H and O–H groups in total. The van der Waals surface area contributed by atoms with Crippen molar-refractivity contribution in [3.63, 3.8) is 0 Å². The number of nitrogens with zero attached hydrogens (tertiary/aromatic N) is 5. The summed E-state index contributed by atoms with van der Waals surface area (Å²) < 4.78 is 5.86. The molecule has 3 aromatic heterocycles. The maximum Gasteiger partial charge on any atom is 0.267 e. The molecule has 158 valence electrons. The van der Waals surface area contributed by atoms with Gasteiger partial charge in [0, 0.05) is 23.5 Å². The van der Waals surface area contributed by atoms with E-state index in [0.717, 1.165) is 53.5 Å². The molecule has 3 aromatic rings. The normalized spacial score (nSPS) is 19.0. The molecule has 0 bridgehead atoms. The molecule has 0 aliphatic heterocycles. The van der Waals surface area contributed by atoms with E-state index in [0.29, 0.717) is 29.8 Å². The van der Waals surface area contributed by atoms with Crippen LogP contribution in [0.15, 0.2) is 16.8 Å². The van der Waals surface area contributed by atoms with Crippen LogP contribution >= 0.6 is 11.3 Å². The van der Waals surface area contributed by atoms with Gasteiger partial charge in [0.05, 0.1) is 29.0 Å². The zero-order chi connectivity index (χ0) is 21.1. The largest absolute Gasteiger partial charge is 0.419 e. The number of amides is 1. The molecular formula is C21H26N6O2S. The van der Waals surface area contributed by atoms with Gasteiger partial charge in [-0.3, -0.25) is 9.78 Å². The van der Waals surface area contributed by atoms with E-state index < -0.39 is 0 Å². The minimum atomic E-state index is 0.0737. The molecular weight excluding hydrogens is 400 g/mol. The van der Waals surface area contributed by atoms with E-state index in [4.69, 9.17) is 4.42 Å². The van der Waals surface area contributed by atoms with Crippen LogP contribution in [0.3, 0.4) is 0 Å². The second-order valence-electron chi connectivity index (χ2n) is 7.93. The number of carbonyl (C=O) groups is 1. The van der Waals surface area contributed by atoms with Crippen molar-refractivity contribution < 1.29 is 9.21 Å². The monoisotopic (exact) mass is 426 g/mol. The van der Waals surface area contributed by atoms with Gasteiger partial charge in [0.15, 0.2) is 0 Å². The van der Waals surface area contributed by atoms with Crippen LogP contribution in [0.25, 0.3) is 11.6 Å². The van der Waals surface area contributed by atoms with Crippen molar-refractivity contribution in [1.82, 2.24) is 30.5 Å². The number of thiazole rings is 1. The standard InChI is InChI=1S/C21H26N6O2S/c1-12-9-23-17(11-22-12)21-27-26-20(29-21)16-6-4-15(5-7-16)10-24-19(28)8-18-13(2)25-14(3)30-18/h9,11,15-16H,4-8,10H2,1-3H3,(H,24,28). The lowest BCUT2D eigenvalue weighted by Crippen LogP contribution is -2.32. The molecule has 0 aromatic carbocycles. The summed E-state index contributed by atoms with van der Waals surface area (Å²) in [5.74, 6) is 1.91. The molecule has 1 aliphatic rings. The van der Waals surface area contributed by atoms with Crippen molar-refractivity contribution in [3.8, 4) is 11.6 Å². The molecule has 30 heavy (non-hydrogen) atoms. The van der Waals surface area contributed by atoms with Gasteiger partial charge in [-0.1, -0.05) is 0 Å². The average Bonchev–Trinajstić information content (AvgIpc) is 3.34. The molecule has 8 nitrogen and oxygen atoms in total. The Morgan fingerprint density at radius 1 is 1.13 bits per heavy atom. The van der Waals surface area contributed by atoms with E-state index >= 15 is 0 Å². The lowest BCUT2D eigenvalue weighted by Gasteiger charge is -2.26. The number of carbonyl (C=O) groups excluding carboxylic acids is 1. The highest BCUT2D eigenvalue weighted by atomic mass is 32.1. The van der Waals surface area contributed by atoms with Crippen molar-refractivity contribution in [1.29, 1.82) is 0 Å². The number of nitrogens with one attached hydrogen (secondary N) is 1. The Bertz CT molecular complexity index is 1000. The van der Waals surface area contributed by atoms with Crippen molar-refractivity contribution in [2.45, 2.75) is 58.8 Å². The molecule has 0 atom stereocenters. The van der Waals surface area contributed by atoms with Crippen LogP contribution in [0.5, 0.6) is 0 Å². The molecule has 1 aliphatic carbocycles. The highest BCUT2D eigenvalue weighted by Gasteiger charge is 2.27. The van der Waals surface area contributed by atoms with Crippen LogP contribution < -0.4 is 5.32 Å². The fraction of sp³-hybridized carbons (Fsp3) is 0.524. The van der Waals surface area contributed by atoms with Crippen LogP contribution in [0, 0.1) is 26.7 Å². The number of hydrogen-bond donors (Lipinski definition) is 1. The van der Waals surface area contributed by atoms with E-state index in [9.17, 15) is 4.79 Å². The summed E-state index contributed by atoms with van der Waals surface area (Å²) in [7, 11) is 0. The van der Waals surface area contributed by atoms with E-state index in [1.807, 2.05) is 20.8 Å². The maximum absolute atomic E-state index is 12.3. The van der Waals surface area contributed by atoms with Crippen molar-refractivity contribution in [2.75, 3.05) is 6.54 Å². The van der Waals surface area contributed by atoms with Gasteiger partial charge in [-0.05, 0) is 52.4 Å². The quantitative estimate of drug-likeness (QED) is 0.642. The summed E-state index contributed by atoms with van der Waals surface area (Å²) in [5.41, 5.74) is 2.41. The highest BCUT2D eigenvalue weighted by Crippen LogP contribution is 2.35. The Kier molecular flexibility index (Phi) is 6.17. The first-order chi connectivity index (χ1) is 14.5. The van der Waals surface area contributed by atoms with Crippen LogP contribution in [-0.2, 0) is 11.2 Å². The third-order valence-corrected chi connectivity index (χ3v) is 6.62. The van der Waals surface area contributed by atoms with Crippen LogP contribution in [-0.4, -0.2) is 37.6 Å². The minimum Gasteiger partial charge on any atom is -0.419 e. The number of aromatic nitrogens is 5. The zero-order valence-corrected chi connectivity index (χ0v) is 18.3. The molecule has 1 saturated carbocycles. The molecule has 0 unspecified atom stereocenters. The highest BCUT2D eigenvalue weighted by molar-refractivity contribution is 7.11. The second kappa shape index (κ2) is 8.99. The minimum absolute atomic E-state index is 0.0737. The van der Waals surface area contributed by atoms with Gasteiger partial charge in [-0.25, -0.2) is 9.97 Å². The number of rotatable bonds is 6. The van der Waals surface area contributed by atoms with E-state index in [-0.39, 0.29) is 11.8 Å². The van der Waals surface area contributed by atoms with Gasteiger partial charge in [0.2, 0.25) is 11.8 Å². The van der Waals surface area contributed by atoms with Crippen LogP contribution in [0.1, 0.15) is 58.8 Å². The van der Waals surface area contributed by atoms with Gasteiger partial charge < -0.3 is 9.73 Å². The van der Waals surface area contributed by atoms with E-state index in [2.05, 4.69) is 30.5 Å². The van der Waals surface area contributed by atoms with Crippen molar-refractivity contribution in [3.05, 3.63) is 39.6 Å². The lowest BCUT2D eigenvalue weighted by molar-refractivity contribution is -0.120. The van der Waals surface area contributed by atoms with E-state index in [1.165, 1.54) is 0 Å². The molecule has 9 heteroatoms. The Morgan fingerprint density at radius 3 is 2.60 bits per heavy atom. The van der Waals surface area contributed by atoms with Gasteiger partial charge >= 0.3 is 0 Å². The summed E-state index contributed by atoms with van der Waals surface area (Å²) in [6, 6.07) is 0. The molecule has 3 heterocycles. The Hall–Kier alpha value is -2.68. The van der Waals surface area contributed by atoms with Gasteiger partial charge in [-0.2, -0.15) is 0 Å². The van der Waals surface area contributed by atoms with E-state index in [1.54, 1.807) is 23.7 Å². The fourth-order valence-corrected chi connectivity index (χ4v) is 4.76. The first-order valence-corrected chi connectivity index (χ1v) is 11.1. The first-order valence-electron chi connectivity index (χ1n) is 10.3. The van der Waals surface area contributed by atoms with Gasteiger partial charge in [-0.15, -0.1) is 21.5 Å². The summed E-state index contributed by atoms with van der Waals surface area (Å²) >= 11 is 1.60. The molecule has 0 saturated heterocycles. The molecule has 4 rings (SSSR count). The first kappa shape index (κ1) is 20.6. The topological polar surface area (TPSA) is 107 Å². The Balaban J connectivity index is 1.24. The smallest absolute Gasteiger partial charge is 0.267 e. The fourth-order valence-electron chi connectivity index (χ4n) is 3.82. The molecule has 0 spiro atoms. The molecule has 1 amide bonds. The average molecular weight is 427 g/mol. The maximum atomic E-state index is 12.3. The van der Waals surface area contributed by atoms with Crippen molar-refractivity contribution >= 4 is 17.2 Å². The molecule has 0 radical (unpaired) electrons.